The van der Waals surface area contributed by atoms with Crippen LogP contribution in [0.3, 0.4) is 0 Å². The van der Waals surface area contributed by atoms with Gasteiger partial charge in [0, 0.05) is 21.9 Å². The molecule has 0 aliphatic carbocycles. The van der Waals surface area contributed by atoms with Crippen LogP contribution in [0.1, 0.15) is 10.4 Å². The minimum absolute atomic E-state index is 0.110. The number of hydrogen-bond acceptors (Lipinski definition) is 6. The number of carbonyl (C=O) groups excluding carboxylic acids is 1. The maximum atomic E-state index is 13.3. The van der Waals surface area contributed by atoms with E-state index in [9.17, 15) is 9.59 Å². The van der Waals surface area contributed by atoms with Crippen LogP contribution in [0.4, 0.5) is 10.5 Å². The largest absolute Gasteiger partial charge is 0.495 e. The first-order valence-corrected chi connectivity index (χ1v) is 11.4. The first-order valence-electron chi connectivity index (χ1n) is 10.5. The van der Waals surface area contributed by atoms with Crippen LogP contribution in [0.15, 0.2) is 64.8 Å². The second kappa shape index (κ2) is 10.3. The monoisotopic (exact) mass is 479 g/mol. The Kier molecular flexibility index (Phi) is 7.03. The lowest BCUT2D eigenvalue weighted by molar-refractivity contribution is 0.206. The number of para-hydroxylation sites is 2. The highest BCUT2D eigenvalue weighted by Gasteiger charge is 2.19. The number of methoxy groups -OCH3 is 3. The second-order valence-corrected chi connectivity index (χ2v) is 8.52. The van der Waals surface area contributed by atoms with Crippen molar-refractivity contribution in [3.8, 4) is 17.2 Å². The summed E-state index contributed by atoms with van der Waals surface area (Å²) in [7, 11) is 4.65. The van der Waals surface area contributed by atoms with Crippen molar-refractivity contribution >= 4 is 34.0 Å². The molecule has 0 atom stereocenters. The van der Waals surface area contributed by atoms with E-state index in [4.69, 9.17) is 14.2 Å². The number of nitrogens with one attached hydrogen (secondary N) is 2. The van der Waals surface area contributed by atoms with Crippen LogP contribution < -0.4 is 25.1 Å². The van der Waals surface area contributed by atoms with Gasteiger partial charge in [-0.2, -0.15) is 0 Å². The van der Waals surface area contributed by atoms with E-state index < -0.39 is 0 Å². The molecule has 2 aromatic carbocycles. The molecule has 2 amide bonds. The zero-order valence-corrected chi connectivity index (χ0v) is 19.9. The Hall–Kier alpha value is -3.98. The number of pyridine rings is 1. The summed E-state index contributed by atoms with van der Waals surface area (Å²) in [5.41, 5.74) is 1.34. The van der Waals surface area contributed by atoms with Gasteiger partial charge in [-0.1, -0.05) is 18.2 Å². The van der Waals surface area contributed by atoms with Crippen LogP contribution in [0, 0.1) is 0 Å². The Morgan fingerprint density at radius 2 is 1.68 bits per heavy atom. The van der Waals surface area contributed by atoms with E-state index in [1.54, 1.807) is 67.9 Å². The van der Waals surface area contributed by atoms with E-state index in [1.165, 1.54) is 0 Å². The molecule has 2 aromatic heterocycles. The van der Waals surface area contributed by atoms with Crippen molar-refractivity contribution in [1.82, 2.24) is 9.88 Å². The summed E-state index contributed by atoms with van der Waals surface area (Å²) in [6.07, 6.45) is 0. The fraction of sp³-hybridized carbons (Fsp3) is 0.200. The van der Waals surface area contributed by atoms with Gasteiger partial charge in [0.05, 0.1) is 45.6 Å². The van der Waals surface area contributed by atoms with Gasteiger partial charge in [-0.25, -0.2) is 4.79 Å². The number of carbonyl (C=O) groups is 1. The molecule has 0 saturated heterocycles. The summed E-state index contributed by atoms with van der Waals surface area (Å²) >= 11 is 1.55. The minimum atomic E-state index is -0.343. The summed E-state index contributed by atoms with van der Waals surface area (Å²) in [6.45, 7) is 0.459. The average molecular weight is 480 g/mol. The SMILES string of the molecule is COc1ccccc1NC(=O)N(Cc1cccs1)Cc1cc2cc(OC)c(OC)cc2[nH]c1=O. The third-order valence-electron chi connectivity index (χ3n) is 5.35. The number of aromatic nitrogens is 1. The minimum Gasteiger partial charge on any atom is -0.495 e. The molecule has 9 heteroatoms. The Labute approximate surface area is 200 Å². The van der Waals surface area contributed by atoms with Crippen molar-refractivity contribution in [2.75, 3.05) is 26.6 Å². The second-order valence-electron chi connectivity index (χ2n) is 7.48. The third-order valence-corrected chi connectivity index (χ3v) is 6.21. The molecular formula is C25H25N3O5S. The molecule has 0 radical (unpaired) electrons. The van der Waals surface area contributed by atoms with Crippen LogP contribution in [0.25, 0.3) is 10.9 Å². The van der Waals surface area contributed by atoms with Crippen LogP contribution in [0.5, 0.6) is 17.2 Å². The predicted octanol–water partition coefficient (Wildman–Crippen LogP) is 4.85. The Balaban J connectivity index is 1.67. The van der Waals surface area contributed by atoms with Gasteiger partial charge >= 0.3 is 6.03 Å². The van der Waals surface area contributed by atoms with Crippen molar-refractivity contribution < 1.29 is 19.0 Å². The molecule has 0 aliphatic rings. The summed E-state index contributed by atoms with van der Waals surface area (Å²) in [5.74, 6) is 1.63. The quantitative estimate of drug-likeness (QED) is 0.377. The van der Waals surface area contributed by atoms with Crippen molar-refractivity contribution in [3.63, 3.8) is 0 Å². The van der Waals surface area contributed by atoms with Gasteiger partial charge in [-0.15, -0.1) is 11.3 Å². The Morgan fingerprint density at radius 3 is 2.38 bits per heavy atom. The highest BCUT2D eigenvalue weighted by molar-refractivity contribution is 7.09. The fourth-order valence-electron chi connectivity index (χ4n) is 3.63. The maximum Gasteiger partial charge on any atom is 0.322 e. The molecular weight excluding hydrogens is 454 g/mol. The van der Waals surface area contributed by atoms with Crippen LogP contribution in [-0.2, 0) is 13.1 Å². The number of fused-ring (bicyclic) bond motifs is 1. The van der Waals surface area contributed by atoms with Gasteiger partial charge in [0.25, 0.3) is 5.56 Å². The van der Waals surface area contributed by atoms with E-state index in [-0.39, 0.29) is 18.1 Å². The highest BCUT2D eigenvalue weighted by Crippen LogP contribution is 2.31. The van der Waals surface area contributed by atoms with E-state index >= 15 is 0 Å². The standard InChI is InChI=1S/C25H25N3O5S/c1-31-21-9-5-4-8-19(21)27-25(30)28(15-18-7-6-10-34-18)14-17-11-16-12-22(32-2)23(33-3)13-20(16)26-24(17)29/h4-13H,14-15H2,1-3H3,(H,26,29)(H,27,30). The zero-order chi connectivity index (χ0) is 24.1. The molecule has 0 spiro atoms. The zero-order valence-electron chi connectivity index (χ0n) is 19.1. The lowest BCUT2D eigenvalue weighted by Crippen LogP contribution is -2.35. The number of hydrogen-bond donors (Lipinski definition) is 2. The van der Waals surface area contributed by atoms with Gasteiger partial charge in [-0.3, -0.25) is 4.79 Å². The van der Waals surface area contributed by atoms with Crippen molar-refractivity contribution in [1.29, 1.82) is 0 Å². The summed E-state index contributed by atoms with van der Waals surface area (Å²) < 4.78 is 16.1. The lowest BCUT2D eigenvalue weighted by atomic mass is 10.1. The fourth-order valence-corrected chi connectivity index (χ4v) is 4.35. The number of anilines is 1. The molecule has 0 unspecified atom stereocenters. The Bertz CT molecular complexity index is 1350. The number of thiophene rings is 1. The maximum absolute atomic E-state index is 13.3. The van der Waals surface area contributed by atoms with E-state index in [0.717, 1.165) is 10.3 Å². The molecule has 0 aliphatic heterocycles. The molecule has 0 saturated carbocycles. The Morgan fingerprint density at radius 1 is 0.941 bits per heavy atom. The number of ether oxygens (including phenoxy) is 3. The molecule has 4 rings (SSSR count). The van der Waals surface area contributed by atoms with Gasteiger partial charge in [0.15, 0.2) is 11.5 Å². The van der Waals surface area contributed by atoms with Gasteiger partial charge in [0.1, 0.15) is 5.75 Å². The van der Waals surface area contributed by atoms with Crippen LogP contribution >= 0.6 is 11.3 Å². The normalized spacial score (nSPS) is 10.7. The van der Waals surface area contributed by atoms with Crippen LogP contribution in [-0.4, -0.2) is 37.2 Å². The molecule has 34 heavy (non-hydrogen) atoms. The number of H-pyrrole nitrogens is 1. The summed E-state index contributed by atoms with van der Waals surface area (Å²) in [6, 6.07) is 16.0. The van der Waals surface area contributed by atoms with Gasteiger partial charge in [0.2, 0.25) is 0 Å². The number of urea groups is 1. The highest BCUT2D eigenvalue weighted by atomic mass is 32.1. The molecule has 2 heterocycles. The van der Waals surface area contributed by atoms with Gasteiger partial charge < -0.3 is 29.4 Å². The number of amides is 2. The van der Waals surface area contributed by atoms with Crippen molar-refractivity contribution in [2.24, 2.45) is 0 Å². The van der Waals surface area contributed by atoms with Crippen LogP contribution in [0.2, 0.25) is 0 Å². The number of rotatable bonds is 8. The molecule has 0 bridgehead atoms. The lowest BCUT2D eigenvalue weighted by Gasteiger charge is -2.23. The molecule has 0 fully saturated rings. The smallest absolute Gasteiger partial charge is 0.322 e. The molecule has 8 nitrogen and oxygen atoms in total. The molecule has 176 valence electrons. The first kappa shape index (κ1) is 23.2. The third kappa shape index (κ3) is 4.99. The predicted molar refractivity (Wildman–Crippen MR) is 133 cm³/mol. The van der Waals surface area contributed by atoms with Crippen molar-refractivity contribution in [2.45, 2.75) is 13.1 Å². The molecule has 4 aromatic rings. The van der Waals surface area contributed by atoms with E-state index in [0.29, 0.717) is 40.6 Å². The van der Waals surface area contributed by atoms with E-state index in [2.05, 4.69) is 10.3 Å². The topological polar surface area (TPSA) is 92.9 Å². The summed E-state index contributed by atoms with van der Waals surface area (Å²) in [5, 5.41) is 5.63. The van der Waals surface area contributed by atoms with Crippen molar-refractivity contribution in [3.05, 3.63) is 80.8 Å². The number of nitrogens with zero attached hydrogens (tertiary/aromatic N) is 1. The average Bonchev–Trinajstić information content (AvgIpc) is 3.36. The first-order chi connectivity index (χ1) is 16.5. The summed E-state index contributed by atoms with van der Waals surface area (Å²) in [4.78, 5) is 31.7. The van der Waals surface area contributed by atoms with E-state index in [1.807, 2.05) is 29.6 Å². The van der Waals surface area contributed by atoms with Gasteiger partial charge in [-0.05, 0) is 35.7 Å². The number of benzene rings is 2. The number of aromatic amines is 1. The molecule has 2 N–H and O–H groups in total.